The van der Waals surface area contributed by atoms with Crippen molar-refractivity contribution in [2.45, 2.75) is 20.7 Å². The average molecular weight is 125 g/mol. The first-order chi connectivity index (χ1) is 5.39. The Morgan fingerprint density at radius 3 is 2.56 bits per heavy atom. The quantitative estimate of drug-likeness (QED) is 0.523. The molecule has 0 saturated heterocycles. The first-order valence-electron chi connectivity index (χ1n) is 4.22. The Balaban J connectivity index is 3.18. The van der Waals surface area contributed by atoms with Crippen molar-refractivity contribution in [2.24, 2.45) is 0 Å². The van der Waals surface area contributed by atoms with E-state index in [9.17, 15) is 0 Å². The molecule has 0 unspecified atom stereocenters. The molecule has 0 aliphatic rings. The standard InChI is InChI=1S/C7H10N2/c1-5-4-6(2)9-7(3)8-5/h4H,1-3H3/i1D3. The van der Waals surface area contributed by atoms with E-state index < -0.39 is 6.85 Å². The zero-order chi connectivity index (χ0) is 9.35. The lowest BCUT2D eigenvalue weighted by Gasteiger charge is -1.95. The number of nitrogens with zero attached hydrogens (tertiary/aromatic N) is 2. The van der Waals surface area contributed by atoms with Crippen LogP contribution in [0.2, 0.25) is 0 Å². The van der Waals surface area contributed by atoms with Gasteiger partial charge in [-0.3, -0.25) is 0 Å². The summed E-state index contributed by atoms with van der Waals surface area (Å²) >= 11 is 0. The molecule has 1 heterocycles. The highest BCUT2D eigenvalue weighted by molar-refractivity contribution is 5.07. The van der Waals surface area contributed by atoms with Gasteiger partial charge in [-0.1, -0.05) is 0 Å². The van der Waals surface area contributed by atoms with Crippen molar-refractivity contribution in [1.29, 1.82) is 0 Å². The van der Waals surface area contributed by atoms with Gasteiger partial charge >= 0.3 is 0 Å². The van der Waals surface area contributed by atoms with E-state index >= 15 is 0 Å². The van der Waals surface area contributed by atoms with Crippen LogP contribution in [0, 0.1) is 20.7 Å². The van der Waals surface area contributed by atoms with Gasteiger partial charge in [0, 0.05) is 15.5 Å². The first-order valence-corrected chi connectivity index (χ1v) is 2.72. The summed E-state index contributed by atoms with van der Waals surface area (Å²) in [5, 5.41) is 0. The van der Waals surface area contributed by atoms with Crippen molar-refractivity contribution >= 4 is 0 Å². The number of aryl methyl sites for hydroxylation is 3. The normalized spacial score (nSPS) is 16.0. The van der Waals surface area contributed by atoms with E-state index in [2.05, 4.69) is 9.97 Å². The van der Waals surface area contributed by atoms with Gasteiger partial charge in [0.1, 0.15) is 5.82 Å². The largest absolute Gasteiger partial charge is 0.239 e. The zero-order valence-electron chi connectivity index (χ0n) is 8.47. The molecule has 48 valence electrons. The van der Waals surface area contributed by atoms with Crippen molar-refractivity contribution < 1.29 is 4.11 Å². The van der Waals surface area contributed by atoms with E-state index in [0.717, 1.165) is 0 Å². The topological polar surface area (TPSA) is 25.8 Å². The summed E-state index contributed by atoms with van der Waals surface area (Å²) < 4.78 is 21.3. The molecule has 0 fully saturated rings. The van der Waals surface area contributed by atoms with Gasteiger partial charge in [0.15, 0.2) is 0 Å². The third kappa shape index (κ3) is 1.49. The monoisotopic (exact) mass is 125 g/mol. The fourth-order valence-electron chi connectivity index (χ4n) is 0.717. The fraction of sp³-hybridized carbons (Fsp3) is 0.429. The maximum absolute atomic E-state index is 7.11. The van der Waals surface area contributed by atoms with Crippen LogP contribution in [0.25, 0.3) is 0 Å². The third-order valence-corrected chi connectivity index (χ3v) is 0.966. The molecule has 0 radical (unpaired) electrons. The van der Waals surface area contributed by atoms with Crippen molar-refractivity contribution in [3.05, 3.63) is 23.3 Å². The minimum Gasteiger partial charge on any atom is -0.239 e. The van der Waals surface area contributed by atoms with Gasteiger partial charge in [0.05, 0.1) is 0 Å². The van der Waals surface area contributed by atoms with Crippen LogP contribution in [0.3, 0.4) is 0 Å². The average Bonchev–Trinajstić information content (AvgIpc) is 1.82. The molecule has 2 nitrogen and oxygen atoms in total. The second kappa shape index (κ2) is 2.13. The van der Waals surface area contributed by atoms with Crippen LogP contribution in [-0.2, 0) is 0 Å². The molecule has 0 spiro atoms. The van der Waals surface area contributed by atoms with Crippen molar-refractivity contribution in [1.82, 2.24) is 9.97 Å². The number of hydrogen-bond donors (Lipinski definition) is 0. The summed E-state index contributed by atoms with van der Waals surface area (Å²) in [6.07, 6.45) is 0. The number of rotatable bonds is 0. The zero-order valence-corrected chi connectivity index (χ0v) is 5.47. The van der Waals surface area contributed by atoms with Crippen LogP contribution in [0.5, 0.6) is 0 Å². The Hall–Kier alpha value is -0.920. The van der Waals surface area contributed by atoms with Crippen LogP contribution in [0.4, 0.5) is 0 Å². The highest BCUT2D eigenvalue weighted by atomic mass is 14.9. The summed E-state index contributed by atoms with van der Waals surface area (Å²) in [6.45, 7) is 1.31. The minimum atomic E-state index is -2.13. The second-order valence-corrected chi connectivity index (χ2v) is 1.94. The lowest BCUT2D eigenvalue weighted by atomic mass is 10.3. The summed E-state index contributed by atoms with van der Waals surface area (Å²) in [6, 6.07) is 1.49. The van der Waals surface area contributed by atoms with Gasteiger partial charge in [-0.15, -0.1) is 0 Å². The van der Waals surface area contributed by atoms with Gasteiger partial charge in [0.25, 0.3) is 0 Å². The molecule has 0 aliphatic carbocycles. The Bertz CT molecular complexity index is 273. The Kier molecular flexibility index (Phi) is 0.781. The molecular formula is C7H10N2. The Morgan fingerprint density at radius 1 is 1.33 bits per heavy atom. The van der Waals surface area contributed by atoms with Crippen LogP contribution < -0.4 is 0 Å². The molecule has 0 bridgehead atoms. The summed E-state index contributed by atoms with van der Waals surface area (Å²) in [5.74, 6) is 0.501. The number of aromatic nitrogens is 2. The molecule has 0 aromatic carbocycles. The van der Waals surface area contributed by atoms with E-state index in [1.165, 1.54) is 6.07 Å². The van der Waals surface area contributed by atoms with E-state index in [4.69, 9.17) is 4.11 Å². The van der Waals surface area contributed by atoms with Crippen LogP contribution in [-0.4, -0.2) is 9.97 Å². The van der Waals surface area contributed by atoms with Gasteiger partial charge in [0.2, 0.25) is 0 Å². The van der Waals surface area contributed by atoms with E-state index in [0.29, 0.717) is 11.5 Å². The molecule has 1 aromatic heterocycles. The molecule has 0 N–H and O–H groups in total. The molecule has 1 rings (SSSR count). The predicted molar refractivity (Wildman–Crippen MR) is 36.2 cm³/mol. The molecule has 0 atom stereocenters. The SMILES string of the molecule is [2H]C([2H])([2H])c1cc(C)nc(C)n1. The minimum absolute atomic E-state index is 0.118. The third-order valence-electron chi connectivity index (χ3n) is 0.966. The fourth-order valence-corrected chi connectivity index (χ4v) is 0.717. The molecule has 1 aromatic rings. The van der Waals surface area contributed by atoms with Gasteiger partial charge in [-0.05, 0) is 26.8 Å². The van der Waals surface area contributed by atoms with Gasteiger partial charge < -0.3 is 0 Å². The highest BCUT2D eigenvalue weighted by Crippen LogP contribution is 1.96. The maximum Gasteiger partial charge on any atom is 0.125 e. The molecule has 9 heavy (non-hydrogen) atoms. The van der Waals surface area contributed by atoms with Crippen molar-refractivity contribution in [2.75, 3.05) is 0 Å². The number of hydrogen-bond acceptors (Lipinski definition) is 2. The summed E-state index contributed by atoms with van der Waals surface area (Å²) in [5.41, 5.74) is 0.807. The Morgan fingerprint density at radius 2 is 2.00 bits per heavy atom. The molecule has 0 saturated carbocycles. The molecule has 0 aliphatic heterocycles. The first kappa shape index (κ1) is 3.30. The van der Waals surface area contributed by atoms with E-state index in [-0.39, 0.29) is 5.69 Å². The second-order valence-electron chi connectivity index (χ2n) is 1.94. The summed E-state index contributed by atoms with van der Waals surface area (Å²) in [4.78, 5) is 7.82. The lowest BCUT2D eigenvalue weighted by molar-refractivity contribution is 0.976. The van der Waals surface area contributed by atoms with Crippen molar-refractivity contribution in [3.8, 4) is 0 Å². The van der Waals surface area contributed by atoms with Crippen LogP contribution in [0.1, 0.15) is 21.3 Å². The highest BCUT2D eigenvalue weighted by Gasteiger charge is 1.90. The van der Waals surface area contributed by atoms with Crippen molar-refractivity contribution in [3.63, 3.8) is 0 Å². The maximum atomic E-state index is 7.11. The van der Waals surface area contributed by atoms with Crippen LogP contribution in [0.15, 0.2) is 6.07 Å². The Labute approximate surface area is 59.2 Å². The molecule has 0 amide bonds. The smallest absolute Gasteiger partial charge is 0.125 e. The van der Waals surface area contributed by atoms with Gasteiger partial charge in [-0.2, -0.15) is 0 Å². The predicted octanol–water partition coefficient (Wildman–Crippen LogP) is 1.40. The lowest BCUT2D eigenvalue weighted by Crippen LogP contribution is -1.91. The van der Waals surface area contributed by atoms with E-state index in [1.54, 1.807) is 13.8 Å². The molecular weight excluding hydrogens is 112 g/mol. The van der Waals surface area contributed by atoms with Gasteiger partial charge in [-0.25, -0.2) is 9.97 Å². The molecule has 2 heteroatoms. The van der Waals surface area contributed by atoms with E-state index in [1.807, 2.05) is 0 Å². The van der Waals surface area contributed by atoms with Crippen LogP contribution >= 0.6 is 0 Å². The summed E-state index contributed by atoms with van der Waals surface area (Å²) in [7, 11) is 0.